The van der Waals surface area contributed by atoms with Crippen LogP contribution >= 0.6 is 0 Å². The molecule has 0 bridgehead atoms. The molecule has 0 amide bonds. The van der Waals surface area contributed by atoms with Gasteiger partial charge in [0.05, 0.1) is 6.61 Å². The number of rotatable bonds is 6. The van der Waals surface area contributed by atoms with Crippen LogP contribution in [0.5, 0.6) is 0 Å². The summed E-state index contributed by atoms with van der Waals surface area (Å²) in [5, 5.41) is 0. The molecule has 3 nitrogen and oxygen atoms in total. The van der Waals surface area contributed by atoms with Gasteiger partial charge in [0.2, 0.25) is 0 Å². The minimum Gasteiger partial charge on any atom is -0.384 e. The predicted molar refractivity (Wildman–Crippen MR) is 79.3 cm³/mol. The molecule has 3 heteroatoms. The molecule has 0 aliphatic carbocycles. The Morgan fingerprint density at radius 1 is 1.37 bits per heavy atom. The van der Waals surface area contributed by atoms with Crippen molar-refractivity contribution >= 4 is 0 Å². The average molecular weight is 262 g/mol. The van der Waals surface area contributed by atoms with E-state index in [1.165, 1.54) is 12.0 Å². The van der Waals surface area contributed by atoms with Crippen LogP contribution < -0.4 is 5.73 Å². The first kappa shape index (κ1) is 14.5. The molecular formula is C16H26N2O. The van der Waals surface area contributed by atoms with Crippen molar-refractivity contribution in [2.24, 2.45) is 11.7 Å². The molecule has 1 aliphatic heterocycles. The largest absolute Gasteiger partial charge is 0.384 e. The normalized spacial score (nSPS) is 23.4. The molecule has 1 heterocycles. The third-order valence-electron chi connectivity index (χ3n) is 4.29. The zero-order valence-electron chi connectivity index (χ0n) is 12.1. The Kier molecular flexibility index (Phi) is 5.37. The number of methoxy groups -OCH3 is 1. The maximum atomic E-state index is 5.97. The van der Waals surface area contributed by atoms with Crippen molar-refractivity contribution in [1.82, 2.24) is 4.90 Å². The monoisotopic (exact) mass is 262 g/mol. The molecule has 0 aromatic heterocycles. The average Bonchev–Trinajstić information content (AvgIpc) is 2.90. The Labute approximate surface area is 116 Å². The van der Waals surface area contributed by atoms with Gasteiger partial charge in [0.15, 0.2) is 0 Å². The van der Waals surface area contributed by atoms with Crippen molar-refractivity contribution in [1.29, 1.82) is 0 Å². The van der Waals surface area contributed by atoms with E-state index in [1.54, 1.807) is 7.11 Å². The molecule has 2 N–H and O–H groups in total. The molecule has 106 valence electrons. The van der Waals surface area contributed by atoms with Gasteiger partial charge in [0, 0.05) is 26.2 Å². The predicted octanol–water partition coefficient (Wildman–Crippen LogP) is 2.09. The first-order chi connectivity index (χ1) is 9.26. The summed E-state index contributed by atoms with van der Waals surface area (Å²) in [6, 6.07) is 11.3. The summed E-state index contributed by atoms with van der Waals surface area (Å²) >= 11 is 0. The van der Waals surface area contributed by atoms with E-state index in [1.807, 2.05) is 0 Å². The SMILES string of the molecule is COCC(C)C(CN)N1CCC(c2ccccc2)C1. The summed E-state index contributed by atoms with van der Waals surface area (Å²) in [6.07, 6.45) is 1.24. The third kappa shape index (κ3) is 3.56. The highest BCUT2D eigenvalue weighted by atomic mass is 16.5. The molecule has 1 aromatic carbocycles. The van der Waals surface area contributed by atoms with Crippen LogP contribution in [0.4, 0.5) is 0 Å². The second-order valence-corrected chi connectivity index (χ2v) is 5.63. The summed E-state index contributed by atoms with van der Waals surface area (Å²) in [5.74, 6) is 1.15. The van der Waals surface area contributed by atoms with Crippen LogP contribution in [-0.2, 0) is 4.74 Å². The number of hydrogen-bond donors (Lipinski definition) is 1. The maximum absolute atomic E-state index is 5.97. The van der Waals surface area contributed by atoms with Crippen molar-refractivity contribution in [3.05, 3.63) is 35.9 Å². The molecule has 1 aliphatic rings. The zero-order chi connectivity index (χ0) is 13.7. The highest BCUT2D eigenvalue weighted by Gasteiger charge is 2.31. The van der Waals surface area contributed by atoms with E-state index in [0.717, 1.165) is 19.7 Å². The van der Waals surface area contributed by atoms with Crippen molar-refractivity contribution in [3.63, 3.8) is 0 Å². The van der Waals surface area contributed by atoms with Crippen LogP contribution in [0.3, 0.4) is 0 Å². The van der Waals surface area contributed by atoms with Gasteiger partial charge in [-0.3, -0.25) is 4.90 Å². The molecular weight excluding hydrogens is 236 g/mol. The molecule has 0 spiro atoms. The lowest BCUT2D eigenvalue weighted by Gasteiger charge is -2.31. The van der Waals surface area contributed by atoms with Crippen LogP contribution in [0, 0.1) is 5.92 Å². The summed E-state index contributed by atoms with van der Waals surface area (Å²) in [4.78, 5) is 2.54. The van der Waals surface area contributed by atoms with Gasteiger partial charge in [0.1, 0.15) is 0 Å². The van der Waals surface area contributed by atoms with Gasteiger partial charge >= 0.3 is 0 Å². The van der Waals surface area contributed by atoms with Crippen LogP contribution in [-0.4, -0.2) is 44.3 Å². The Hall–Kier alpha value is -0.900. The van der Waals surface area contributed by atoms with E-state index in [4.69, 9.17) is 10.5 Å². The zero-order valence-corrected chi connectivity index (χ0v) is 12.1. The third-order valence-corrected chi connectivity index (χ3v) is 4.29. The summed E-state index contributed by atoms with van der Waals surface area (Å²) < 4.78 is 5.28. The first-order valence-electron chi connectivity index (χ1n) is 7.24. The first-order valence-corrected chi connectivity index (χ1v) is 7.24. The molecule has 2 rings (SSSR count). The molecule has 1 aromatic rings. The van der Waals surface area contributed by atoms with E-state index in [2.05, 4.69) is 42.2 Å². The fraction of sp³-hybridized carbons (Fsp3) is 0.625. The van der Waals surface area contributed by atoms with E-state index < -0.39 is 0 Å². The number of ether oxygens (including phenoxy) is 1. The highest BCUT2D eigenvalue weighted by molar-refractivity contribution is 5.21. The van der Waals surface area contributed by atoms with Gasteiger partial charge in [-0.25, -0.2) is 0 Å². The Bertz CT molecular complexity index is 368. The smallest absolute Gasteiger partial charge is 0.0503 e. The quantitative estimate of drug-likeness (QED) is 0.853. The van der Waals surface area contributed by atoms with Crippen LogP contribution in [0.15, 0.2) is 30.3 Å². The van der Waals surface area contributed by atoms with E-state index in [0.29, 0.717) is 24.4 Å². The highest BCUT2D eigenvalue weighted by Crippen LogP contribution is 2.29. The van der Waals surface area contributed by atoms with Crippen LogP contribution in [0.1, 0.15) is 24.8 Å². The van der Waals surface area contributed by atoms with Crippen molar-refractivity contribution < 1.29 is 4.74 Å². The number of benzene rings is 1. The van der Waals surface area contributed by atoms with Crippen LogP contribution in [0.2, 0.25) is 0 Å². The fourth-order valence-corrected chi connectivity index (χ4v) is 3.20. The minimum atomic E-state index is 0.439. The van der Waals surface area contributed by atoms with E-state index in [-0.39, 0.29) is 0 Å². The molecule has 3 atom stereocenters. The standard InChI is InChI=1S/C16H26N2O/c1-13(12-19-2)16(10-17)18-9-8-15(11-18)14-6-4-3-5-7-14/h3-7,13,15-16H,8-12,17H2,1-2H3. The second kappa shape index (κ2) is 7.04. The van der Waals surface area contributed by atoms with Gasteiger partial charge < -0.3 is 10.5 Å². The lowest BCUT2D eigenvalue weighted by molar-refractivity contribution is 0.0970. The maximum Gasteiger partial charge on any atom is 0.0503 e. The van der Waals surface area contributed by atoms with Gasteiger partial charge in [0.25, 0.3) is 0 Å². The van der Waals surface area contributed by atoms with Gasteiger partial charge in [-0.1, -0.05) is 37.3 Å². The number of hydrogen-bond acceptors (Lipinski definition) is 3. The number of nitrogens with zero attached hydrogens (tertiary/aromatic N) is 1. The van der Waals surface area contributed by atoms with Crippen molar-refractivity contribution in [3.8, 4) is 0 Å². The molecule has 1 saturated heterocycles. The fourth-order valence-electron chi connectivity index (χ4n) is 3.20. The Morgan fingerprint density at radius 3 is 2.74 bits per heavy atom. The minimum absolute atomic E-state index is 0.439. The summed E-state index contributed by atoms with van der Waals surface area (Å²) in [7, 11) is 1.76. The van der Waals surface area contributed by atoms with Gasteiger partial charge in [-0.2, -0.15) is 0 Å². The lowest BCUT2D eigenvalue weighted by Crippen LogP contribution is -2.44. The molecule has 0 saturated carbocycles. The van der Waals surface area contributed by atoms with Gasteiger partial charge in [-0.15, -0.1) is 0 Å². The molecule has 19 heavy (non-hydrogen) atoms. The molecule has 3 unspecified atom stereocenters. The lowest BCUT2D eigenvalue weighted by atomic mass is 9.98. The topological polar surface area (TPSA) is 38.5 Å². The summed E-state index contributed by atoms with van der Waals surface area (Å²) in [5.41, 5.74) is 7.43. The van der Waals surface area contributed by atoms with Gasteiger partial charge in [-0.05, 0) is 30.4 Å². The van der Waals surface area contributed by atoms with E-state index >= 15 is 0 Å². The Balaban J connectivity index is 1.97. The van der Waals surface area contributed by atoms with Crippen molar-refractivity contribution in [2.45, 2.75) is 25.3 Å². The molecule has 1 fully saturated rings. The number of likely N-dealkylation sites (tertiary alicyclic amines) is 1. The second-order valence-electron chi connectivity index (χ2n) is 5.63. The van der Waals surface area contributed by atoms with E-state index in [9.17, 15) is 0 Å². The Morgan fingerprint density at radius 2 is 2.11 bits per heavy atom. The number of nitrogens with two attached hydrogens (primary N) is 1. The molecule has 0 radical (unpaired) electrons. The van der Waals surface area contributed by atoms with Crippen molar-refractivity contribution in [2.75, 3.05) is 33.4 Å². The summed E-state index contributed by atoms with van der Waals surface area (Å²) in [6.45, 7) is 6.01. The van der Waals surface area contributed by atoms with Crippen LogP contribution in [0.25, 0.3) is 0 Å².